The van der Waals surface area contributed by atoms with Crippen molar-refractivity contribution in [2.75, 3.05) is 13.2 Å². The first-order chi connectivity index (χ1) is 13.2. The van der Waals surface area contributed by atoms with Gasteiger partial charge in [0.1, 0.15) is 18.5 Å². The molecule has 0 aromatic heterocycles. The summed E-state index contributed by atoms with van der Waals surface area (Å²) in [6.07, 6.45) is -1.04. The number of hydrogen-bond acceptors (Lipinski definition) is 4. The third kappa shape index (κ3) is 3.82. The van der Waals surface area contributed by atoms with Gasteiger partial charge < -0.3 is 19.5 Å². The van der Waals surface area contributed by atoms with Gasteiger partial charge in [-0.25, -0.2) is 0 Å². The first-order valence-corrected chi connectivity index (χ1v) is 9.02. The second kappa shape index (κ2) is 7.58. The maximum absolute atomic E-state index is 12.4. The molecule has 3 aromatic carbocycles. The maximum Gasteiger partial charge on any atom is 0.265 e. The Labute approximate surface area is 157 Å². The summed E-state index contributed by atoms with van der Waals surface area (Å²) in [6.45, 7) is 2.59. The highest BCUT2D eigenvalue weighted by Crippen LogP contribution is 2.33. The molecule has 2 atom stereocenters. The summed E-state index contributed by atoms with van der Waals surface area (Å²) in [4.78, 5) is 12.4. The van der Waals surface area contributed by atoms with E-state index in [1.165, 1.54) is 5.39 Å². The van der Waals surface area contributed by atoms with E-state index in [-0.39, 0.29) is 12.0 Å². The Bertz CT molecular complexity index is 956. The van der Waals surface area contributed by atoms with Gasteiger partial charge in [-0.2, -0.15) is 0 Å². The third-order valence-corrected chi connectivity index (χ3v) is 4.49. The van der Waals surface area contributed by atoms with Crippen LogP contribution in [0.15, 0.2) is 66.7 Å². The molecule has 3 aromatic rings. The van der Waals surface area contributed by atoms with Crippen LogP contribution in [0.4, 0.5) is 0 Å². The van der Waals surface area contributed by atoms with Crippen LogP contribution in [0.1, 0.15) is 6.92 Å². The second-order valence-corrected chi connectivity index (χ2v) is 6.46. The average molecular weight is 363 g/mol. The van der Waals surface area contributed by atoms with Crippen LogP contribution in [0.25, 0.3) is 10.8 Å². The van der Waals surface area contributed by atoms with Crippen LogP contribution >= 0.6 is 0 Å². The Kier molecular flexibility index (Phi) is 4.83. The Balaban J connectivity index is 1.29. The summed E-state index contributed by atoms with van der Waals surface area (Å²) in [5, 5.41) is 5.14. The zero-order chi connectivity index (χ0) is 18.6. The van der Waals surface area contributed by atoms with Crippen molar-refractivity contribution < 1.29 is 19.0 Å². The minimum Gasteiger partial charge on any atom is -0.492 e. The minimum absolute atomic E-state index is 0.209. The molecule has 5 heteroatoms. The average Bonchev–Trinajstić information content (AvgIpc) is 2.70. The van der Waals surface area contributed by atoms with E-state index in [0.717, 1.165) is 11.1 Å². The lowest BCUT2D eigenvalue weighted by Gasteiger charge is -2.31. The smallest absolute Gasteiger partial charge is 0.265 e. The van der Waals surface area contributed by atoms with Gasteiger partial charge in [-0.15, -0.1) is 0 Å². The molecule has 1 N–H and O–H groups in total. The van der Waals surface area contributed by atoms with Crippen molar-refractivity contribution in [2.45, 2.75) is 19.1 Å². The lowest BCUT2D eigenvalue weighted by Crippen LogP contribution is -2.49. The van der Waals surface area contributed by atoms with Crippen LogP contribution in [0.5, 0.6) is 17.2 Å². The molecular weight excluding hydrogens is 342 g/mol. The Hall–Kier alpha value is -3.21. The summed E-state index contributed by atoms with van der Waals surface area (Å²) in [5.41, 5.74) is 0. The van der Waals surface area contributed by atoms with Gasteiger partial charge in [0.25, 0.3) is 5.91 Å². The maximum atomic E-state index is 12.4. The molecule has 138 valence electrons. The molecule has 1 amide bonds. The number of para-hydroxylation sites is 2. The molecule has 1 heterocycles. The molecule has 0 saturated heterocycles. The van der Waals surface area contributed by atoms with E-state index in [1.807, 2.05) is 61.5 Å². The highest BCUT2D eigenvalue weighted by atomic mass is 16.6. The summed E-state index contributed by atoms with van der Waals surface area (Å²) in [6, 6.07) is 21.4. The molecule has 27 heavy (non-hydrogen) atoms. The van der Waals surface area contributed by atoms with Crippen molar-refractivity contribution in [1.29, 1.82) is 0 Å². The van der Waals surface area contributed by atoms with Crippen LogP contribution < -0.4 is 19.5 Å². The van der Waals surface area contributed by atoms with Crippen molar-refractivity contribution in [2.24, 2.45) is 0 Å². The van der Waals surface area contributed by atoms with Gasteiger partial charge in [0.2, 0.25) is 6.10 Å². The molecule has 1 aliphatic heterocycles. The number of hydrogen-bond donors (Lipinski definition) is 1. The van der Waals surface area contributed by atoms with Crippen molar-refractivity contribution in [3.8, 4) is 17.2 Å². The number of carbonyl (C=O) groups is 1. The molecule has 1 aliphatic rings. The monoisotopic (exact) mass is 363 g/mol. The van der Waals surface area contributed by atoms with Crippen molar-refractivity contribution >= 4 is 16.7 Å². The molecule has 0 aliphatic carbocycles. The Morgan fingerprint density at radius 3 is 2.48 bits per heavy atom. The van der Waals surface area contributed by atoms with Crippen LogP contribution in [0.2, 0.25) is 0 Å². The first kappa shape index (κ1) is 17.2. The van der Waals surface area contributed by atoms with Gasteiger partial charge in [-0.3, -0.25) is 4.79 Å². The Morgan fingerprint density at radius 2 is 1.67 bits per heavy atom. The Morgan fingerprint density at radius 1 is 0.963 bits per heavy atom. The molecule has 0 spiro atoms. The highest BCUT2D eigenvalue weighted by Gasteiger charge is 2.33. The minimum atomic E-state index is -0.680. The fourth-order valence-corrected chi connectivity index (χ4v) is 3.11. The van der Waals surface area contributed by atoms with E-state index in [1.54, 1.807) is 6.07 Å². The van der Waals surface area contributed by atoms with Gasteiger partial charge >= 0.3 is 0 Å². The lowest BCUT2D eigenvalue weighted by molar-refractivity contribution is -0.133. The van der Waals surface area contributed by atoms with E-state index in [4.69, 9.17) is 14.2 Å². The second-order valence-electron chi connectivity index (χ2n) is 6.46. The summed E-state index contributed by atoms with van der Waals surface area (Å²) < 4.78 is 17.3. The van der Waals surface area contributed by atoms with E-state index in [9.17, 15) is 4.79 Å². The van der Waals surface area contributed by atoms with E-state index < -0.39 is 6.10 Å². The van der Waals surface area contributed by atoms with Crippen molar-refractivity contribution in [1.82, 2.24) is 5.32 Å². The number of rotatable bonds is 5. The number of nitrogens with one attached hydrogen (secondary N) is 1. The van der Waals surface area contributed by atoms with Gasteiger partial charge in [0.15, 0.2) is 11.5 Å². The predicted molar refractivity (Wildman–Crippen MR) is 103 cm³/mol. The molecule has 5 nitrogen and oxygen atoms in total. The first-order valence-electron chi connectivity index (χ1n) is 9.02. The number of carbonyl (C=O) groups excluding carboxylic acids is 1. The number of fused-ring (bicyclic) bond motifs is 2. The van der Waals surface area contributed by atoms with Gasteiger partial charge in [-0.1, -0.05) is 42.5 Å². The lowest BCUT2D eigenvalue weighted by atomic mass is 10.1. The van der Waals surface area contributed by atoms with Gasteiger partial charge in [0.05, 0.1) is 6.54 Å². The quantitative estimate of drug-likeness (QED) is 0.704. The summed E-state index contributed by atoms with van der Waals surface area (Å²) in [7, 11) is 0. The zero-order valence-corrected chi connectivity index (χ0v) is 15.1. The number of ether oxygens (including phenoxy) is 3. The number of amides is 1. The van der Waals surface area contributed by atoms with Crippen molar-refractivity contribution in [3.05, 3.63) is 66.7 Å². The normalized spacial score (nSPS) is 18.1. The van der Waals surface area contributed by atoms with Gasteiger partial charge in [-0.05, 0) is 42.0 Å². The fourth-order valence-electron chi connectivity index (χ4n) is 3.11. The predicted octanol–water partition coefficient (Wildman–Crippen LogP) is 3.56. The zero-order valence-electron chi connectivity index (χ0n) is 15.1. The van der Waals surface area contributed by atoms with Crippen LogP contribution in [0.3, 0.4) is 0 Å². The van der Waals surface area contributed by atoms with Crippen LogP contribution in [-0.4, -0.2) is 31.3 Å². The summed E-state index contributed by atoms with van der Waals surface area (Å²) >= 11 is 0. The third-order valence-electron chi connectivity index (χ3n) is 4.49. The fraction of sp³-hybridized carbons (Fsp3) is 0.227. The number of benzene rings is 3. The van der Waals surface area contributed by atoms with Crippen LogP contribution in [0, 0.1) is 0 Å². The van der Waals surface area contributed by atoms with Gasteiger partial charge in [0, 0.05) is 0 Å². The van der Waals surface area contributed by atoms with Crippen LogP contribution in [-0.2, 0) is 4.79 Å². The standard InChI is InChI=1S/C22H21NO4/c1-15-21(27-20-9-5-4-8-19(20)26-15)22(24)23-12-13-25-18-11-10-16-6-2-3-7-17(16)14-18/h2-11,14-15,21H,12-13H2,1H3,(H,23,24)/t15-,21-/m0/s1. The highest BCUT2D eigenvalue weighted by molar-refractivity contribution is 5.84. The molecular formula is C22H21NO4. The summed E-state index contributed by atoms with van der Waals surface area (Å²) in [5.74, 6) is 1.82. The van der Waals surface area contributed by atoms with Crippen molar-refractivity contribution in [3.63, 3.8) is 0 Å². The van der Waals surface area contributed by atoms with E-state index in [0.29, 0.717) is 24.7 Å². The van der Waals surface area contributed by atoms with E-state index in [2.05, 4.69) is 11.4 Å². The molecule has 0 saturated carbocycles. The largest absolute Gasteiger partial charge is 0.492 e. The topological polar surface area (TPSA) is 56.8 Å². The molecule has 0 unspecified atom stereocenters. The molecule has 0 bridgehead atoms. The van der Waals surface area contributed by atoms with E-state index >= 15 is 0 Å². The molecule has 0 radical (unpaired) electrons. The molecule has 4 rings (SSSR count). The molecule has 0 fully saturated rings. The SMILES string of the molecule is C[C@@H]1Oc2ccccc2O[C@@H]1C(=O)NCCOc1ccc2ccccc2c1.